The van der Waals surface area contributed by atoms with E-state index in [-0.39, 0.29) is 48.3 Å². The van der Waals surface area contributed by atoms with Gasteiger partial charge in [-0.25, -0.2) is 26.4 Å². The molecule has 0 saturated carbocycles. The van der Waals surface area contributed by atoms with Crippen molar-refractivity contribution in [3.8, 4) is 0 Å². The lowest BCUT2D eigenvalue weighted by Gasteiger charge is -2.40. The summed E-state index contributed by atoms with van der Waals surface area (Å²) >= 11 is 0. The summed E-state index contributed by atoms with van der Waals surface area (Å²) < 4.78 is 73.7. The number of rotatable bonds is 7. The van der Waals surface area contributed by atoms with E-state index >= 15 is 0 Å². The Morgan fingerprint density at radius 2 is 1.71 bits per heavy atom. The number of piperidine rings is 1. The molecule has 0 aliphatic carbocycles. The Balaban J connectivity index is 1.32. The third kappa shape index (κ3) is 5.50. The van der Waals surface area contributed by atoms with Crippen molar-refractivity contribution in [2.24, 2.45) is 11.7 Å². The molecule has 34 heavy (non-hydrogen) atoms. The van der Waals surface area contributed by atoms with Gasteiger partial charge in [0.15, 0.2) is 11.6 Å². The molecule has 0 radical (unpaired) electrons. The number of carbonyl (C=O) groups excluding carboxylic acids is 1. The number of hydrogen-bond acceptors (Lipinski definition) is 5. The van der Waals surface area contributed by atoms with E-state index in [4.69, 9.17) is 10.5 Å². The Bertz CT molecular complexity index is 992. The van der Waals surface area contributed by atoms with Gasteiger partial charge in [-0.2, -0.15) is 4.31 Å². The molecule has 2 unspecified atom stereocenters. The molecule has 3 aliphatic rings. The lowest BCUT2D eigenvalue weighted by atomic mass is 9.83. The fourth-order valence-corrected chi connectivity index (χ4v) is 7.25. The number of amides is 2. The van der Waals surface area contributed by atoms with Crippen LogP contribution in [0.1, 0.15) is 31.2 Å². The van der Waals surface area contributed by atoms with Crippen molar-refractivity contribution in [3.63, 3.8) is 0 Å². The predicted octanol–water partition coefficient (Wildman–Crippen LogP) is 1.59. The van der Waals surface area contributed by atoms with Crippen LogP contribution in [0.15, 0.2) is 12.1 Å². The van der Waals surface area contributed by atoms with Gasteiger partial charge in [-0.15, -0.1) is 0 Å². The molecule has 190 valence electrons. The van der Waals surface area contributed by atoms with E-state index in [0.29, 0.717) is 58.1 Å². The molecular weight excluding hydrogens is 473 g/mol. The largest absolute Gasteiger partial charge is 0.378 e. The van der Waals surface area contributed by atoms with Crippen LogP contribution in [0.4, 0.5) is 18.0 Å². The van der Waals surface area contributed by atoms with Crippen LogP contribution in [0.2, 0.25) is 0 Å². The minimum absolute atomic E-state index is 0.0183. The lowest BCUT2D eigenvalue weighted by molar-refractivity contribution is 0.0533. The van der Waals surface area contributed by atoms with Gasteiger partial charge in [0.05, 0.1) is 19.0 Å². The minimum atomic E-state index is -3.59. The van der Waals surface area contributed by atoms with Crippen molar-refractivity contribution in [2.75, 3.05) is 38.6 Å². The van der Waals surface area contributed by atoms with Crippen LogP contribution in [0.25, 0.3) is 0 Å². The molecule has 3 atom stereocenters. The van der Waals surface area contributed by atoms with Gasteiger partial charge >= 0.3 is 6.03 Å². The van der Waals surface area contributed by atoms with Gasteiger partial charge in [0.1, 0.15) is 5.82 Å². The number of nitrogens with zero attached hydrogens (tertiary/aromatic N) is 2. The fraction of sp³-hybridized carbons (Fsp3) is 0.682. The van der Waals surface area contributed by atoms with E-state index in [1.807, 2.05) is 0 Å². The second kappa shape index (κ2) is 10.4. The Labute approximate surface area is 197 Å². The van der Waals surface area contributed by atoms with Gasteiger partial charge in [-0.05, 0) is 49.7 Å². The highest BCUT2D eigenvalue weighted by Gasteiger charge is 2.47. The molecule has 3 aliphatic heterocycles. The number of benzene rings is 1. The molecular formula is C22H31F3N4O4S. The molecule has 1 aromatic rings. The first-order chi connectivity index (χ1) is 16.2. The van der Waals surface area contributed by atoms with E-state index in [9.17, 15) is 26.4 Å². The molecule has 0 spiro atoms. The van der Waals surface area contributed by atoms with Crippen LogP contribution < -0.4 is 11.1 Å². The molecule has 2 bridgehead atoms. The number of nitrogens with one attached hydrogen (secondary N) is 1. The number of ether oxygens (including phenoxy) is 1. The summed E-state index contributed by atoms with van der Waals surface area (Å²) in [6.45, 7) is 1.91. The highest BCUT2D eigenvalue weighted by Crippen LogP contribution is 2.42. The van der Waals surface area contributed by atoms with Gasteiger partial charge in [-0.3, -0.25) is 0 Å². The smallest absolute Gasteiger partial charge is 0.317 e. The zero-order valence-electron chi connectivity index (χ0n) is 18.9. The summed E-state index contributed by atoms with van der Waals surface area (Å²) in [5.41, 5.74) is 6.34. The minimum Gasteiger partial charge on any atom is -0.378 e. The van der Waals surface area contributed by atoms with Gasteiger partial charge in [0, 0.05) is 43.8 Å². The number of sulfonamides is 1. The Morgan fingerprint density at radius 3 is 2.35 bits per heavy atom. The first kappa shape index (κ1) is 25.2. The number of urea groups is 1. The van der Waals surface area contributed by atoms with Crippen molar-refractivity contribution in [3.05, 3.63) is 35.1 Å². The first-order valence-corrected chi connectivity index (χ1v) is 13.3. The average molecular weight is 505 g/mol. The summed E-state index contributed by atoms with van der Waals surface area (Å²) in [5, 5.41) is 2.68. The van der Waals surface area contributed by atoms with Crippen molar-refractivity contribution >= 4 is 16.1 Å². The molecule has 3 N–H and O–H groups in total. The summed E-state index contributed by atoms with van der Waals surface area (Å²) in [5.74, 6) is -3.45. The third-order valence-electron chi connectivity index (χ3n) is 7.11. The van der Waals surface area contributed by atoms with Crippen LogP contribution in [-0.4, -0.2) is 80.4 Å². The zero-order valence-corrected chi connectivity index (χ0v) is 19.7. The number of carbonyl (C=O) groups is 1. The van der Waals surface area contributed by atoms with Gasteiger partial charge in [-0.1, -0.05) is 0 Å². The molecule has 1 aromatic carbocycles. The Morgan fingerprint density at radius 1 is 1.09 bits per heavy atom. The van der Waals surface area contributed by atoms with E-state index < -0.39 is 33.5 Å². The summed E-state index contributed by atoms with van der Waals surface area (Å²) in [7, 11) is -3.59. The number of halogens is 3. The molecule has 0 aromatic heterocycles. The predicted molar refractivity (Wildman–Crippen MR) is 119 cm³/mol. The Hall–Kier alpha value is -1.89. The van der Waals surface area contributed by atoms with E-state index in [0.717, 1.165) is 6.07 Å². The maximum absolute atomic E-state index is 14.0. The second-order valence-corrected chi connectivity index (χ2v) is 11.3. The maximum Gasteiger partial charge on any atom is 0.317 e. The van der Waals surface area contributed by atoms with Gasteiger partial charge in [0.25, 0.3) is 0 Å². The van der Waals surface area contributed by atoms with Crippen molar-refractivity contribution < 1.29 is 31.1 Å². The maximum atomic E-state index is 14.0. The summed E-state index contributed by atoms with van der Waals surface area (Å²) in [6.07, 6.45) is 2.54. The van der Waals surface area contributed by atoms with Crippen LogP contribution in [0.3, 0.4) is 0 Å². The highest BCUT2D eigenvalue weighted by molar-refractivity contribution is 7.89. The Kier molecular flexibility index (Phi) is 7.70. The topological polar surface area (TPSA) is 105 Å². The van der Waals surface area contributed by atoms with Crippen LogP contribution in [0.5, 0.6) is 0 Å². The van der Waals surface area contributed by atoms with Crippen molar-refractivity contribution in [1.82, 2.24) is 14.5 Å². The number of morpholine rings is 1. The molecule has 3 heterocycles. The normalized spacial score (nSPS) is 26.5. The van der Waals surface area contributed by atoms with E-state index in [1.165, 1.54) is 0 Å². The van der Waals surface area contributed by atoms with Gasteiger partial charge < -0.3 is 20.7 Å². The lowest BCUT2D eigenvalue weighted by Crippen LogP contribution is -2.52. The third-order valence-corrected chi connectivity index (χ3v) is 9.07. The standard InChI is InChI=1S/C22H31F3N4O4S/c23-18-13-20(25)19(24)11-14(18)12-21(26)15-9-16-1-2-17(10-15)29(16)34(31,32)8-3-27-22(30)28-4-6-33-7-5-28/h11,13,15-17,21H,1-10,12,26H2,(H,27,30)/t15?,16?,17?,21-/m1/s1. The fourth-order valence-electron chi connectivity index (χ4n) is 5.39. The average Bonchev–Trinajstić information content (AvgIpc) is 3.09. The SMILES string of the molecule is N[C@H](Cc1cc(F)c(F)cc1F)C1CC2CCC(C1)N2S(=O)(=O)CCNC(=O)N1CCOCC1. The van der Waals surface area contributed by atoms with E-state index in [1.54, 1.807) is 9.21 Å². The van der Waals surface area contributed by atoms with Crippen molar-refractivity contribution in [1.29, 1.82) is 0 Å². The monoisotopic (exact) mass is 504 g/mol. The molecule has 12 heteroatoms. The number of fused-ring (bicyclic) bond motifs is 2. The molecule has 3 fully saturated rings. The zero-order chi connectivity index (χ0) is 24.5. The molecule has 2 amide bonds. The second-order valence-electron chi connectivity index (χ2n) is 9.32. The first-order valence-electron chi connectivity index (χ1n) is 11.7. The van der Waals surface area contributed by atoms with Crippen molar-refractivity contribution in [2.45, 2.75) is 50.2 Å². The summed E-state index contributed by atoms with van der Waals surface area (Å²) in [6, 6.07) is 0.155. The number of nitrogens with two attached hydrogens (primary N) is 1. The number of hydrogen-bond donors (Lipinski definition) is 2. The molecule has 4 rings (SSSR count). The van der Waals surface area contributed by atoms with Crippen LogP contribution in [-0.2, 0) is 21.2 Å². The van der Waals surface area contributed by atoms with Crippen LogP contribution in [0, 0.1) is 23.4 Å². The van der Waals surface area contributed by atoms with E-state index in [2.05, 4.69) is 5.32 Å². The quantitative estimate of drug-likeness (QED) is 0.549. The molecule has 8 nitrogen and oxygen atoms in total. The summed E-state index contributed by atoms with van der Waals surface area (Å²) in [4.78, 5) is 13.8. The molecule has 3 saturated heterocycles. The van der Waals surface area contributed by atoms with Crippen LogP contribution >= 0.6 is 0 Å². The highest BCUT2D eigenvalue weighted by atomic mass is 32.2. The van der Waals surface area contributed by atoms with Gasteiger partial charge in [0.2, 0.25) is 10.0 Å².